The number of hydrogen-bond acceptors (Lipinski definition) is 5. The van der Waals surface area contributed by atoms with Crippen molar-refractivity contribution < 1.29 is 13.2 Å². The highest BCUT2D eigenvalue weighted by Crippen LogP contribution is 2.10. The first-order chi connectivity index (χ1) is 8.35. The quantitative estimate of drug-likeness (QED) is 0.771. The molecule has 0 aliphatic carbocycles. The first-order valence-electron chi connectivity index (χ1n) is 6.04. The third kappa shape index (κ3) is 4.78. The van der Waals surface area contributed by atoms with Gasteiger partial charge in [0.1, 0.15) is 0 Å². The summed E-state index contributed by atoms with van der Waals surface area (Å²) in [5, 5.41) is 3.10. The van der Waals surface area contributed by atoms with Crippen LogP contribution in [0.1, 0.15) is 13.3 Å². The van der Waals surface area contributed by atoms with E-state index >= 15 is 0 Å². The van der Waals surface area contributed by atoms with Gasteiger partial charge in [0.25, 0.3) is 0 Å². The molecule has 7 heteroatoms. The summed E-state index contributed by atoms with van der Waals surface area (Å²) in [6.45, 7) is 2.45. The van der Waals surface area contributed by atoms with Crippen LogP contribution in [-0.2, 0) is 14.6 Å². The Balaban J connectivity index is 2.49. The predicted molar refractivity (Wildman–Crippen MR) is 75.7 cm³/mol. The maximum Gasteiger partial charge on any atom is 0.224 e. The molecule has 1 N–H and O–H groups in total. The molecule has 18 heavy (non-hydrogen) atoms. The van der Waals surface area contributed by atoms with Gasteiger partial charge in [-0.05, 0) is 13.2 Å². The zero-order valence-corrected chi connectivity index (χ0v) is 12.8. The van der Waals surface area contributed by atoms with Gasteiger partial charge < -0.3 is 10.2 Å². The lowest BCUT2D eigenvalue weighted by molar-refractivity contribution is -0.131. The van der Waals surface area contributed by atoms with E-state index in [-0.39, 0.29) is 35.9 Å². The summed E-state index contributed by atoms with van der Waals surface area (Å²) in [6.07, 6.45) is 2.26. The second kappa shape index (κ2) is 6.77. The van der Waals surface area contributed by atoms with E-state index in [9.17, 15) is 13.2 Å². The van der Waals surface area contributed by atoms with Crippen LogP contribution in [0.2, 0.25) is 0 Å². The fourth-order valence-electron chi connectivity index (χ4n) is 1.95. The normalized spacial score (nSPS) is 24.5. The van der Waals surface area contributed by atoms with Crippen LogP contribution >= 0.6 is 11.8 Å². The fourth-order valence-corrected chi connectivity index (χ4v) is 4.10. The van der Waals surface area contributed by atoms with Gasteiger partial charge in [-0.3, -0.25) is 4.79 Å². The van der Waals surface area contributed by atoms with E-state index in [4.69, 9.17) is 0 Å². The summed E-state index contributed by atoms with van der Waals surface area (Å²) in [4.78, 5) is 13.7. The second-order valence-electron chi connectivity index (χ2n) is 4.78. The summed E-state index contributed by atoms with van der Waals surface area (Å²) in [7, 11) is -1.19. The van der Waals surface area contributed by atoms with E-state index in [2.05, 4.69) is 5.32 Å². The standard InChI is InChI=1S/C11H22N2O3S2/c1-9(7-17-3)13(2)11(14)6-10-8-18(15,16)5-4-12-10/h9-10,12H,4-8H2,1-3H3. The molecule has 5 nitrogen and oxygen atoms in total. The molecule has 0 spiro atoms. The zero-order chi connectivity index (χ0) is 13.8. The van der Waals surface area contributed by atoms with Crippen LogP contribution in [0, 0.1) is 0 Å². The van der Waals surface area contributed by atoms with Crippen molar-refractivity contribution in [3.05, 3.63) is 0 Å². The number of nitrogens with zero attached hydrogens (tertiary/aromatic N) is 1. The van der Waals surface area contributed by atoms with Crippen LogP contribution in [0.25, 0.3) is 0 Å². The predicted octanol–water partition coefficient (Wildman–Crippen LogP) is -0.0270. The molecule has 1 amide bonds. The molecule has 0 saturated carbocycles. The number of thioether (sulfide) groups is 1. The highest BCUT2D eigenvalue weighted by molar-refractivity contribution is 7.98. The van der Waals surface area contributed by atoms with Crippen LogP contribution in [0.5, 0.6) is 0 Å². The fraction of sp³-hybridized carbons (Fsp3) is 0.909. The summed E-state index contributed by atoms with van der Waals surface area (Å²) in [5.74, 6) is 1.14. The van der Waals surface area contributed by atoms with E-state index < -0.39 is 9.84 Å². The van der Waals surface area contributed by atoms with Crippen molar-refractivity contribution in [2.45, 2.75) is 25.4 Å². The molecule has 1 aliphatic heterocycles. The van der Waals surface area contributed by atoms with Crippen molar-refractivity contribution in [1.29, 1.82) is 0 Å². The zero-order valence-electron chi connectivity index (χ0n) is 11.2. The van der Waals surface area contributed by atoms with Crippen molar-refractivity contribution in [2.24, 2.45) is 0 Å². The van der Waals surface area contributed by atoms with Crippen molar-refractivity contribution in [3.8, 4) is 0 Å². The smallest absolute Gasteiger partial charge is 0.224 e. The van der Waals surface area contributed by atoms with Crippen molar-refractivity contribution in [1.82, 2.24) is 10.2 Å². The highest BCUT2D eigenvalue weighted by atomic mass is 32.2. The Kier molecular flexibility index (Phi) is 5.94. The van der Waals surface area contributed by atoms with Crippen LogP contribution in [0.15, 0.2) is 0 Å². The van der Waals surface area contributed by atoms with Gasteiger partial charge in [0.05, 0.1) is 11.5 Å². The van der Waals surface area contributed by atoms with E-state index in [1.165, 1.54) is 0 Å². The average Bonchev–Trinajstić information content (AvgIpc) is 2.26. The largest absolute Gasteiger partial charge is 0.342 e. The third-order valence-electron chi connectivity index (χ3n) is 3.18. The molecular formula is C11H22N2O3S2. The SMILES string of the molecule is CSCC(C)N(C)C(=O)CC1CS(=O)(=O)CCN1. The molecule has 0 aromatic heterocycles. The van der Waals surface area contributed by atoms with Crippen LogP contribution < -0.4 is 5.32 Å². The summed E-state index contributed by atoms with van der Waals surface area (Å²) in [5.41, 5.74) is 0. The Morgan fingerprint density at radius 3 is 2.78 bits per heavy atom. The number of hydrogen-bond donors (Lipinski definition) is 1. The molecule has 1 saturated heterocycles. The summed E-state index contributed by atoms with van der Waals surface area (Å²) in [6, 6.07) is -0.0622. The van der Waals surface area contributed by atoms with Gasteiger partial charge in [-0.2, -0.15) is 11.8 Å². The van der Waals surface area contributed by atoms with Gasteiger partial charge in [-0.15, -0.1) is 0 Å². The lowest BCUT2D eigenvalue weighted by Gasteiger charge is -2.28. The number of nitrogens with one attached hydrogen (secondary N) is 1. The molecule has 2 unspecified atom stereocenters. The minimum absolute atomic E-state index is 0.00569. The molecule has 0 radical (unpaired) electrons. The van der Waals surface area contributed by atoms with Crippen LogP contribution in [0.3, 0.4) is 0 Å². The monoisotopic (exact) mass is 294 g/mol. The Morgan fingerprint density at radius 2 is 2.22 bits per heavy atom. The number of rotatable bonds is 5. The Morgan fingerprint density at radius 1 is 1.56 bits per heavy atom. The molecule has 0 bridgehead atoms. The topological polar surface area (TPSA) is 66.5 Å². The maximum absolute atomic E-state index is 12.0. The number of amides is 1. The molecule has 2 atom stereocenters. The number of sulfone groups is 1. The average molecular weight is 294 g/mol. The maximum atomic E-state index is 12.0. The minimum atomic E-state index is -2.97. The summed E-state index contributed by atoms with van der Waals surface area (Å²) >= 11 is 1.70. The lowest BCUT2D eigenvalue weighted by Crippen LogP contribution is -2.48. The van der Waals surface area contributed by atoms with E-state index in [0.29, 0.717) is 6.54 Å². The lowest BCUT2D eigenvalue weighted by atomic mass is 10.2. The first kappa shape index (κ1) is 15.8. The molecule has 1 fully saturated rings. The minimum Gasteiger partial charge on any atom is -0.342 e. The third-order valence-corrected chi connectivity index (χ3v) is 5.74. The van der Waals surface area contributed by atoms with Crippen LogP contribution in [-0.4, -0.2) is 68.4 Å². The van der Waals surface area contributed by atoms with Gasteiger partial charge in [-0.25, -0.2) is 8.42 Å². The van der Waals surface area contributed by atoms with Crippen LogP contribution in [0.4, 0.5) is 0 Å². The molecule has 0 aromatic carbocycles. The Bertz CT molecular complexity index is 384. The van der Waals surface area contributed by atoms with E-state index in [0.717, 1.165) is 5.75 Å². The molecular weight excluding hydrogens is 272 g/mol. The molecule has 0 aromatic rings. The van der Waals surface area contributed by atoms with Crippen molar-refractivity contribution in [3.63, 3.8) is 0 Å². The van der Waals surface area contributed by atoms with Gasteiger partial charge >= 0.3 is 0 Å². The summed E-state index contributed by atoms with van der Waals surface area (Å²) < 4.78 is 23.0. The Hall–Kier alpha value is -0.270. The Labute approximate surface area is 114 Å². The first-order valence-corrected chi connectivity index (χ1v) is 9.25. The number of carbonyl (C=O) groups excluding carboxylic acids is 1. The second-order valence-corrected chi connectivity index (χ2v) is 7.92. The molecule has 106 valence electrons. The highest BCUT2D eigenvalue weighted by Gasteiger charge is 2.27. The molecule has 1 rings (SSSR count). The van der Waals surface area contributed by atoms with E-state index in [1.54, 1.807) is 23.7 Å². The van der Waals surface area contributed by atoms with Gasteiger partial charge in [0, 0.05) is 37.8 Å². The van der Waals surface area contributed by atoms with E-state index in [1.807, 2.05) is 13.2 Å². The van der Waals surface area contributed by atoms with Crippen molar-refractivity contribution >= 4 is 27.5 Å². The van der Waals surface area contributed by atoms with Gasteiger partial charge in [0.2, 0.25) is 5.91 Å². The van der Waals surface area contributed by atoms with Crippen molar-refractivity contribution in [2.75, 3.05) is 37.1 Å². The molecule has 1 heterocycles. The van der Waals surface area contributed by atoms with Gasteiger partial charge in [0.15, 0.2) is 9.84 Å². The number of carbonyl (C=O) groups is 1. The molecule has 1 aliphatic rings. The van der Waals surface area contributed by atoms with Gasteiger partial charge in [-0.1, -0.05) is 0 Å².